The molecule has 1 aromatic heterocycles. The third-order valence-corrected chi connectivity index (χ3v) is 3.67. The van der Waals surface area contributed by atoms with Crippen LogP contribution in [0.4, 0.5) is 5.69 Å². The van der Waals surface area contributed by atoms with Gasteiger partial charge in [0.05, 0.1) is 10.8 Å². The number of non-ortho nitro benzene ring substituents is 1. The zero-order valence-corrected chi connectivity index (χ0v) is 12.8. The molecule has 1 N–H and O–H groups in total. The van der Waals surface area contributed by atoms with Gasteiger partial charge in [-0.05, 0) is 12.1 Å². The van der Waals surface area contributed by atoms with Crippen molar-refractivity contribution in [2.24, 2.45) is 5.92 Å². The molecule has 8 nitrogen and oxygen atoms in total. The number of benzene rings is 1. The Hall–Kier alpha value is -2.90. The number of hydrogen-bond donors (Lipinski definition) is 1. The molecule has 0 spiro atoms. The van der Waals surface area contributed by atoms with Gasteiger partial charge in [-0.2, -0.15) is 0 Å². The van der Waals surface area contributed by atoms with Crippen LogP contribution in [0.1, 0.15) is 6.92 Å². The van der Waals surface area contributed by atoms with Crippen LogP contribution in [0, 0.1) is 16.0 Å². The van der Waals surface area contributed by atoms with E-state index in [1.807, 2.05) is 0 Å². The monoisotopic (exact) mass is 319 g/mol. The second-order valence-corrected chi connectivity index (χ2v) is 5.46. The van der Waals surface area contributed by atoms with Gasteiger partial charge < -0.3 is 14.6 Å². The highest BCUT2D eigenvalue weighted by atomic mass is 16.6. The molecule has 0 aliphatic carbocycles. The predicted octanol–water partition coefficient (Wildman–Crippen LogP) is 1.73. The van der Waals surface area contributed by atoms with Crippen LogP contribution in [0.3, 0.4) is 0 Å². The Morgan fingerprint density at radius 3 is 2.70 bits per heavy atom. The number of aliphatic carboxylic acids is 1. The van der Waals surface area contributed by atoms with E-state index in [0.29, 0.717) is 10.9 Å². The minimum Gasteiger partial charge on any atom is -0.481 e. The van der Waals surface area contributed by atoms with Crippen LogP contribution >= 0.6 is 0 Å². The Kier molecular flexibility index (Phi) is 4.63. The highest BCUT2D eigenvalue weighted by Crippen LogP contribution is 2.22. The second-order valence-electron chi connectivity index (χ2n) is 5.46. The van der Waals surface area contributed by atoms with Crippen molar-refractivity contribution < 1.29 is 19.6 Å². The molecule has 1 unspecified atom stereocenters. The zero-order chi connectivity index (χ0) is 17.1. The second kappa shape index (κ2) is 6.47. The van der Waals surface area contributed by atoms with Crippen LogP contribution in [-0.4, -0.2) is 45.0 Å². The number of aromatic nitrogens is 1. The van der Waals surface area contributed by atoms with Crippen molar-refractivity contribution in [2.75, 3.05) is 13.6 Å². The highest BCUT2D eigenvalue weighted by Gasteiger charge is 2.18. The number of likely N-dealkylation sites (N-methyl/N-ethyl adjacent to an activating group) is 1. The smallest absolute Gasteiger partial charge is 0.308 e. The van der Waals surface area contributed by atoms with Gasteiger partial charge in [0.2, 0.25) is 5.91 Å². The van der Waals surface area contributed by atoms with E-state index in [4.69, 9.17) is 5.11 Å². The minimum absolute atomic E-state index is 0.00558. The molecule has 23 heavy (non-hydrogen) atoms. The average molecular weight is 319 g/mol. The Morgan fingerprint density at radius 1 is 1.39 bits per heavy atom. The van der Waals surface area contributed by atoms with E-state index < -0.39 is 16.8 Å². The first-order valence-corrected chi connectivity index (χ1v) is 6.99. The molecule has 0 aliphatic heterocycles. The van der Waals surface area contributed by atoms with E-state index in [9.17, 15) is 19.7 Å². The first-order chi connectivity index (χ1) is 10.8. The van der Waals surface area contributed by atoms with Gasteiger partial charge in [0, 0.05) is 42.8 Å². The number of carboxylic acids is 1. The van der Waals surface area contributed by atoms with Crippen LogP contribution < -0.4 is 0 Å². The molecule has 2 aromatic rings. The fraction of sp³-hybridized carbons (Fsp3) is 0.333. The van der Waals surface area contributed by atoms with Crippen molar-refractivity contribution >= 4 is 28.5 Å². The number of rotatable bonds is 6. The third-order valence-electron chi connectivity index (χ3n) is 3.67. The normalized spacial score (nSPS) is 12.1. The van der Waals surface area contributed by atoms with Crippen molar-refractivity contribution in [3.8, 4) is 0 Å². The van der Waals surface area contributed by atoms with E-state index in [2.05, 4.69) is 0 Å². The summed E-state index contributed by atoms with van der Waals surface area (Å²) in [7, 11) is 1.55. The van der Waals surface area contributed by atoms with E-state index in [1.54, 1.807) is 29.9 Å². The van der Waals surface area contributed by atoms with Gasteiger partial charge in [-0.3, -0.25) is 19.7 Å². The minimum atomic E-state index is -0.955. The fourth-order valence-corrected chi connectivity index (χ4v) is 2.30. The van der Waals surface area contributed by atoms with E-state index in [-0.39, 0.29) is 24.7 Å². The first kappa shape index (κ1) is 16.5. The highest BCUT2D eigenvalue weighted by molar-refractivity contribution is 5.85. The van der Waals surface area contributed by atoms with Gasteiger partial charge in [0.1, 0.15) is 6.54 Å². The summed E-state index contributed by atoms with van der Waals surface area (Å²) in [6.45, 7) is 1.71. The van der Waals surface area contributed by atoms with Crippen molar-refractivity contribution in [1.29, 1.82) is 0 Å². The largest absolute Gasteiger partial charge is 0.481 e. The zero-order valence-electron chi connectivity index (χ0n) is 12.8. The molecule has 1 amide bonds. The molecule has 0 saturated carbocycles. The average Bonchev–Trinajstić information content (AvgIpc) is 2.89. The topological polar surface area (TPSA) is 106 Å². The Bertz CT molecular complexity index is 768. The lowest BCUT2D eigenvalue weighted by atomic mass is 10.2. The van der Waals surface area contributed by atoms with Crippen molar-refractivity contribution in [3.05, 3.63) is 40.6 Å². The quantitative estimate of drug-likeness (QED) is 0.644. The van der Waals surface area contributed by atoms with Gasteiger partial charge in [0.25, 0.3) is 5.69 Å². The van der Waals surface area contributed by atoms with E-state index in [1.165, 1.54) is 24.0 Å². The van der Waals surface area contributed by atoms with Crippen molar-refractivity contribution in [3.63, 3.8) is 0 Å². The maximum absolute atomic E-state index is 12.2. The number of hydrogen-bond acceptors (Lipinski definition) is 4. The molecule has 0 aliphatic rings. The number of amides is 1. The molecule has 0 radical (unpaired) electrons. The molecule has 0 fully saturated rings. The lowest BCUT2D eigenvalue weighted by molar-refractivity contribution is -0.384. The molecule has 0 bridgehead atoms. The first-order valence-electron chi connectivity index (χ1n) is 6.99. The summed E-state index contributed by atoms with van der Waals surface area (Å²) in [6, 6.07) is 6.14. The van der Waals surface area contributed by atoms with Crippen molar-refractivity contribution in [2.45, 2.75) is 13.5 Å². The van der Waals surface area contributed by atoms with Gasteiger partial charge in [-0.25, -0.2) is 0 Å². The lowest BCUT2D eigenvalue weighted by Gasteiger charge is -2.20. The summed E-state index contributed by atoms with van der Waals surface area (Å²) in [5.41, 5.74) is 0.706. The number of nitro benzene ring substituents is 1. The molecule has 1 heterocycles. The summed E-state index contributed by atoms with van der Waals surface area (Å²) >= 11 is 0. The molecule has 1 aromatic carbocycles. The molecule has 122 valence electrons. The Balaban J connectivity index is 2.14. The molecular formula is C15H17N3O5. The molecular weight excluding hydrogens is 302 g/mol. The van der Waals surface area contributed by atoms with Crippen LogP contribution in [0.5, 0.6) is 0 Å². The molecule has 8 heteroatoms. The molecule has 0 saturated heterocycles. The van der Waals surface area contributed by atoms with Gasteiger partial charge in [-0.15, -0.1) is 0 Å². The fourth-order valence-electron chi connectivity index (χ4n) is 2.30. The molecule has 1 atom stereocenters. The standard InChI is InChI=1S/C15H17N3O5/c1-10(15(20)21)8-16(2)14(19)9-17-6-5-11-7-12(18(22)23)3-4-13(11)17/h3-7,10H,8-9H2,1-2H3,(H,20,21). The SMILES string of the molecule is CC(CN(C)C(=O)Cn1ccc2cc([N+](=O)[O-])ccc21)C(=O)O. The molecule has 2 rings (SSSR count). The van der Waals surface area contributed by atoms with Crippen LogP contribution in [0.25, 0.3) is 10.9 Å². The maximum Gasteiger partial charge on any atom is 0.308 e. The van der Waals surface area contributed by atoms with E-state index in [0.717, 1.165) is 0 Å². The van der Waals surface area contributed by atoms with Gasteiger partial charge in [0.15, 0.2) is 0 Å². The summed E-state index contributed by atoms with van der Waals surface area (Å²) in [5.74, 6) is -1.83. The summed E-state index contributed by atoms with van der Waals surface area (Å²) in [5, 5.41) is 20.3. The Morgan fingerprint density at radius 2 is 2.09 bits per heavy atom. The summed E-state index contributed by atoms with van der Waals surface area (Å²) in [6.07, 6.45) is 1.68. The van der Waals surface area contributed by atoms with Crippen LogP contribution in [-0.2, 0) is 16.1 Å². The maximum atomic E-state index is 12.2. The number of carboxylic acid groups (broad SMARTS) is 1. The number of nitrogens with zero attached hydrogens (tertiary/aromatic N) is 3. The Labute approximate surface area is 132 Å². The number of carbonyl (C=O) groups is 2. The number of carbonyl (C=O) groups excluding carboxylic acids is 1. The number of fused-ring (bicyclic) bond motifs is 1. The third kappa shape index (κ3) is 3.65. The summed E-state index contributed by atoms with van der Waals surface area (Å²) in [4.78, 5) is 34.7. The number of nitro groups is 1. The van der Waals surface area contributed by atoms with Crippen LogP contribution in [0.2, 0.25) is 0 Å². The van der Waals surface area contributed by atoms with Crippen molar-refractivity contribution in [1.82, 2.24) is 9.47 Å². The van der Waals surface area contributed by atoms with E-state index >= 15 is 0 Å². The predicted molar refractivity (Wildman–Crippen MR) is 83.0 cm³/mol. The van der Waals surface area contributed by atoms with Gasteiger partial charge >= 0.3 is 5.97 Å². The summed E-state index contributed by atoms with van der Waals surface area (Å²) < 4.78 is 1.68. The van der Waals surface area contributed by atoms with Gasteiger partial charge in [-0.1, -0.05) is 6.92 Å². The lowest BCUT2D eigenvalue weighted by Crippen LogP contribution is -2.35. The van der Waals surface area contributed by atoms with Crippen LogP contribution in [0.15, 0.2) is 30.5 Å².